The minimum atomic E-state index is 0.462. The quantitative estimate of drug-likeness (QED) is 0.769. The predicted octanol–water partition coefficient (Wildman–Crippen LogP) is 1.97. The van der Waals surface area contributed by atoms with Gasteiger partial charge in [0.1, 0.15) is 17.5 Å². The van der Waals surface area contributed by atoms with E-state index >= 15 is 0 Å². The highest BCUT2D eigenvalue weighted by atomic mass is 15.1. The Morgan fingerprint density at radius 3 is 2.50 bits per heavy atom. The first kappa shape index (κ1) is 10.8. The molecule has 0 radical (unpaired) electrons. The van der Waals surface area contributed by atoms with E-state index < -0.39 is 0 Å². The molecule has 0 saturated carbocycles. The Morgan fingerprint density at radius 2 is 2.00 bits per heavy atom. The van der Waals surface area contributed by atoms with Crippen molar-refractivity contribution in [2.75, 3.05) is 11.1 Å². The lowest BCUT2D eigenvalue weighted by atomic mass is 10.2. The van der Waals surface area contributed by atoms with E-state index in [1.165, 1.54) is 0 Å². The van der Waals surface area contributed by atoms with Gasteiger partial charge in [0.2, 0.25) is 0 Å². The van der Waals surface area contributed by atoms with Gasteiger partial charge in [-0.25, -0.2) is 9.97 Å². The SMILES string of the molecule is CCC(CC)Nc1cc(N)nc(C)n1. The molecule has 0 aliphatic rings. The van der Waals surface area contributed by atoms with Crippen LogP contribution in [0.1, 0.15) is 32.5 Å². The van der Waals surface area contributed by atoms with Gasteiger partial charge in [0.15, 0.2) is 0 Å². The molecular weight excluding hydrogens is 176 g/mol. The maximum absolute atomic E-state index is 5.63. The van der Waals surface area contributed by atoms with Crippen LogP contribution >= 0.6 is 0 Å². The molecule has 0 spiro atoms. The smallest absolute Gasteiger partial charge is 0.132 e. The first-order valence-corrected chi connectivity index (χ1v) is 5.03. The molecule has 0 fully saturated rings. The monoisotopic (exact) mass is 194 g/mol. The summed E-state index contributed by atoms with van der Waals surface area (Å²) in [6, 6.07) is 2.23. The molecule has 0 aromatic carbocycles. The van der Waals surface area contributed by atoms with Gasteiger partial charge in [0, 0.05) is 12.1 Å². The van der Waals surface area contributed by atoms with Crippen molar-refractivity contribution in [2.45, 2.75) is 39.7 Å². The van der Waals surface area contributed by atoms with E-state index in [1.807, 2.05) is 6.92 Å². The van der Waals surface area contributed by atoms with Gasteiger partial charge in [0.25, 0.3) is 0 Å². The van der Waals surface area contributed by atoms with Crippen LogP contribution in [0.15, 0.2) is 6.07 Å². The Hall–Kier alpha value is -1.32. The summed E-state index contributed by atoms with van der Waals surface area (Å²) >= 11 is 0. The first-order valence-electron chi connectivity index (χ1n) is 5.03. The fraction of sp³-hybridized carbons (Fsp3) is 0.600. The molecule has 78 valence electrons. The molecule has 3 N–H and O–H groups in total. The van der Waals surface area contributed by atoms with Gasteiger partial charge in [-0.1, -0.05) is 13.8 Å². The molecular formula is C10H18N4. The molecule has 4 heteroatoms. The van der Waals surface area contributed by atoms with E-state index in [-0.39, 0.29) is 0 Å². The van der Waals surface area contributed by atoms with E-state index in [1.54, 1.807) is 6.07 Å². The number of nitrogens with two attached hydrogens (primary N) is 1. The fourth-order valence-electron chi connectivity index (χ4n) is 1.37. The zero-order chi connectivity index (χ0) is 10.6. The van der Waals surface area contributed by atoms with Gasteiger partial charge in [-0.3, -0.25) is 0 Å². The molecule has 0 unspecified atom stereocenters. The van der Waals surface area contributed by atoms with Crippen molar-refractivity contribution in [1.82, 2.24) is 9.97 Å². The van der Waals surface area contributed by atoms with Crippen LogP contribution in [0.3, 0.4) is 0 Å². The maximum Gasteiger partial charge on any atom is 0.132 e. The van der Waals surface area contributed by atoms with E-state index in [0.29, 0.717) is 17.7 Å². The van der Waals surface area contributed by atoms with Crippen LogP contribution < -0.4 is 11.1 Å². The summed E-state index contributed by atoms with van der Waals surface area (Å²) in [6.45, 7) is 6.14. The summed E-state index contributed by atoms with van der Waals surface area (Å²) in [5.41, 5.74) is 5.63. The summed E-state index contributed by atoms with van der Waals surface area (Å²) in [6.07, 6.45) is 2.17. The predicted molar refractivity (Wildman–Crippen MR) is 59.2 cm³/mol. The normalized spacial score (nSPS) is 10.6. The molecule has 0 aliphatic heterocycles. The Morgan fingerprint density at radius 1 is 1.36 bits per heavy atom. The van der Waals surface area contributed by atoms with Crippen LogP contribution in [0.5, 0.6) is 0 Å². The summed E-state index contributed by atoms with van der Waals surface area (Å²) in [5.74, 6) is 2.05. The molecule has 14 heavy (non-hydrogen) atoms. The standard InChI is InChI=1S/C10H18N4/c1-4-8(5-2)14-10-6-9(11)12-7(3)13-10/h6,8H,4-5H2,1-3H3,(H3,11,12,13,14). The van der Waals surface area contributed by atoms with Crippen molar-refractivity contribution >= 4 is 11.6 Å². The van der Waals surface area contributed by atoms with Gasteiger partial charge in [-0.15, -0.1) is 0 Å². The van der Waals surface area contributed by atoms with Gasteiger partial charge < -0.3 is 11.1 Å². The largest absolute Gasteiger partial charge is 0.384 e. The zero-order valence-corrected chi connectivity index (χ0v) is 9.04. The molecule has 0 atom stereocenters. The van der Waals surface area contributed by atoms with E-state index in [9.17, 15) is 0 Å². The topological polar surface area (TPSA) is 63.8 Å². The van der Waals surface area contributed by atoms with Gasteiger partial charge >= 0.3 is 0 Å². The third-order valence-electron chi connectivity index (χ3n) is 2.20. The van der Waals surface area contributed by atoms with Crippen molar-refractivity contribution in [1.29, 1.82) is 0 Å². The third-order valence-corrected chi connectivity index (χ3v) is 2.20. The number of aromatic nitrogens is 2. The number of nitrogen functional groups attached to an aromatic ring is 1. The number of rotatable bonds is 4. The number of nitrogens with one attached hydrogen (secondary N) is 1. The highest BCUT2D eigenvalue weighted by Gasteiger charge is 2.05. The molecule has 0 aliphatic carbocycles. The molecule has 0 bridgehead atoms. The van der Waals surface area contributed by atoms with E-state index in [0.717, 1.165) is 18.7 Å². The van der Waals surface area contributed by atoms with Crippen LogP contribution in [-0.4, -0.2) is 16.0 Å². The number of hydrogen-bond acceptors (Lipinski definition) is 4. The Balaban J connectivity index is 2.75. The summed E-state index contributed by atoms with van der Waals surface area (Å²) in [7, 11) is 0. The second kappa shape index (κ2) is 4.79. The van der Waals surface area contributed by atoms with Crippen molar-refractivity contribution in [3.8, 4) is 0 Å². The number of nitrogens with zero attached hydrogens (tertiary/aromatic N) is 2. The average Bonchev–Trinajstić information content (AvgIpc) is 2.12. The molecule has 1 heterocycles. The van der Waals surface area contributed by atoms with Crippen LogP contribution in [0.2, 0.25) is 0 Å². The Bertz CT molecular complexity index is 274. The van der Waals surface area contributed by atoms with Crippen LogP contribution in [-0.2, 0) is 0 Å². The highest BCUT2D eigenvalue weighted by Crippen LogP contribution is 2.11. The van der Waals surface area contributed by atoms with E-state index in [4.69, 9.17) is 5.73 Å². The van der Waals surface area contributed by atoms with Crippen molar-refractivity contribution in [3.63, 3.8) is 0 Å². The average molecular weight is 194 g/mol. The highest BCUT2D eigenvalue weighted by molar-refractivity contribution is 5.45. The Labute approximate surface area is 85.0 Å². The minimum Gasteiger partial charge on any atom is -0.384 e. The molecule has 1 aromatic heterocycles. The lowest BCUT2D eigenvalue weighted by Crippen LogP contribution is -2.18. The fourth-order valence-corrected chi connectivity index (χ4v) is 1.37. The van der Waals surface area contributed by atoms with Gasteiger partial charge in [0.05, 0.1) is 0 Å². The zero-order valence-electron chi connectivity index (χ0n) is 9.04. The Kier molecular flexibility index (Phi) is 3.68. The molecule has 0 amide bonds. The van der Waals surface area contributed by atoms with Gasteiger partial charge in [-0.2, -0.15) is 0 Å². The third kappa shape index (κ3) is 2.87. The molecule has 4 nitrogen and oxygen atoms in total. The van der Waals surface area contributed by atoms with Crippen LogP contribution in [0.25, 0.3) is 0 Å². The molecule has 1 aromatic rings. The molecule has 0 saturated heterocycles. The number of anilines is 2. The van der Waals surface area contributed by atoms with Crippen molar-refractivity contribution in [2.24, 2.45) is 0 Å². The summed E-state index contributed by atoms with van der Waals surface area (Å²) < 4.78 is 0. The summed E-state index contributed by atoms with van der Waals surface area (Å²) in [4.78, 5) is 8.29. The lowest BCUT2D eigenvalue weighted by molar-refractivity contribution is 0.668. The molecule has 1 rings (SSSR count). The number of hydrogen-bond donors (Lipinski definition) is 2. The first-order chi connectivity index (χ1) is 6.65. The number of aryl methyl sites for hydroxylation is 1. The maximum atomic E-state index is 5.63. The van der Waals surface area contributed by atoms with E-state index in [2.05, 4.69) is 29.1 Å². The minimum absolute atomic E-state index is 0.462. The van der Waals surface area contributed by atoms with Crippen LogP contribution in [0.4, 0.5) is 11.6 Å². The lowest BCUT2D eigenvalue weighted by Gasteiger charge is -2.15. The van der Waals surface area contributed by atoms with Crippen molar-refractivity contribution < 1.29 is 0 Å². The second-order valence-corrected chi connectivity index (χ2v) is 3.38. The van der Waals surface area contributed by atoms with Crippen molar-refractivity contribution in [3.05, 3.63) is 11.9 Å². The second-order valence-electron chi connectivity index (χ2n) is 3.38. The van der Waals surface area contributed by atoms with Gasteiger partial charge in [-0.05, 0) is 19.8 Å². The summed E-state index contributed by atoms with van der Waals surface area (Å²) in [5, 5.41) is 3.33. The van der Waals surface area contributed by atoms with Crippen LogP contribution in [0, 0.1) is 6.92 Å².